The molecule has 1 N–H and O–H groups in total. The van der Waals surface area contributed by atoms with Crippen LogP contribution in [0, 0.1) is 5.82 Å². The first-order chi connectivity index (χ1) is 16.8. The second-order valence-corrected chi connectivity index (χ2v) is 7.09. The molecule has 0 spiro atoms. The van der Waals surface area contributed by atoms with E-state index < -0.39 is 30.5 Å². The van der Waals surface area contributed by atoms with Crippen molar-refractivity contribution in [2.24, 2.45) is 0 Å². The summed E-state index contributed by atoms with van der Waals surface area (Å²) in [6.07, 6.45) is -1.86. The van der Waals surface area contributed by atoms with Crippen LogP contribution in [-0.4, -0.2) is 33.7 Å². The van der Waals surface area contributed by atoms with Gasteiger partial charge in [0.05, 0.1) is 18.5 Å². The van der Waals surface area contributed by atoms with E-state index in [0.717, 1.165) is 28.9 Å². The maximum atomic E-state index is 13.7. The first-order valence-electron chi connectivity index (χ1n) is 10.2. The summed E-state index contributed by atoms with van der Waals surface area (Å²) in [4.78, 5) is 17.3. The van der Waals surface area contributed by atoms with Crippen molar-refractivity contribution in [3.05, 3.63) is 71.8 Å². The average Bonchev–Trinajstić information content (AvgIpc) is 3.24. The van der Waals surface area contributed by atoms with Gasteiger partial charge in [-0.15, -0.1) is 0 Å². The van der Waals surface area contributed by atoms with E-state index in [2.05, 4.69) is 20.1 Å². The van der Waals surface area contributed by atoms with E-state index in [9.17, 15) is 26.7 Å². The predicted molar refractivity (Wildman–Crippen MR) is 116 cm³/mol. The number of rotatable bonds is 8. The minimum atomic E-state index is -3.07. The molecule has 182 valence electrons. The molecule has 7 nitrogen and oxygen atoms in total. The normalized spacial score (nSPS) is 11.3. The summed E-state index contributed by atoms with van der Waals surface area (Å²) in [5.74, 6) is -1.50. The fourth-order valence-electron chi connectivity index (χ4n) is 3.32. The Morgan fingerprint density at radius 1 is 1.06 bits per heavy atom. The third kappa shape index (κ3) is 5.15. The van der Waals surface area contributed by atoms with Gasteiger partial charge in [-0.3, -0.25) is 4.79 Å². The van der Waals surface area contributed by atoms with Crippen LogP contribution in [0.4, 0.5) is 27.6 Å². The maximum absolute atomic E-state index is 13.7. The molecule has 0 aliphatic carbocycles. The number of nitrogens with zero attached hydrogens (tertiary/aromatic N) is 3. The molecule has 12 heteroatoms. The Labute approximate surface area is 195 Å². The SMILES string of the molecule is CCOc1cc(NC(=O)c2cnn3c(C(F)F)cc(-c4ccc(F)cc4)nc23)ccc1OC(F)F. The Hall–Kier alpha value is -4.22. The summed E-state index contributed by atoms with van der Waals surface area (Å²) >= 11 is 0. The van der Waals surface area contributed by atoms with Crippen molar-refractivity contribution < 1.29 is 36.2 Å². The molecule has 1 amide bonds. The van der Waals surface area contributed by atoms with E-state index >= 15 is 0 Å². The molecule has 0 aliphatic rings. The molecule has 4 aromatic rings. The molecule has 35 heavy (non-hydrogen) atoms. The highest BCUT2D eigenvalue weighted by atomic mass is 19.3. The van der Waals surface area contributed by atoms with Gasteiger partial charge in [-0.25, -0.2) is 22.7 Å². The number of nitrogens with one attached hydrogen (secondary N) is 1. The van der Waals surface area contributed by atoms with Gasteiger partial charge >= 0.3 is 6.61 Å². The van der Waals surface area contributed by atoms with Crippen LogP contribution in [0.15, 0.2) is 54.7 Å². The highest BCUT2D eigenvalue weighted by Crippen LogP contribution is 2.32. The van der Waals surface area contributed by atoms with Crippen LogP contribution >= 0.6 is 0 Å². The molecule has 0 fully saturated rings. The average molecular weight is 492 g/mol. The number of alkyl halides is 4. The zero-order valence-electron chi connectivity index (χ0n) is 18.0. The Morgan fingerprint density at radius 3 is 2.46 bits per heavy atom. The largest absolute Gasteiger partial charge is 0.490 e. The van der Waals surface area contributed by atoms with Gasteiger partial charge < -0.3 is 14.8 Å². The molecule has 0 atom stereocenters. The van der Waals surface area contributed by atoms with E-state index in [-0.39, 0.29) is 40.7 Å². The lowest BCUT2D eigenvalue weighted by Crippen LogP contribution is -2.13. The van der Waals surface area contributed by atoms with Gasteiger partial charge in [-0.05, 0) is 49.4 Å². The van der Waals surface area contributed by atoms with Gasteiger partial charge in [0.1, 0.15) is 17.1 Å². The smallest absolute Gasteiger partial charge is 0.387 e. The molecule has 0 radical (unpaired) electrons. The van der Waals surface area contributed by atoms with Crippen LogP contribution in [0.1, 0.15) is 29.4 Å². The Kier molecular flexibility index (Phi) is 6.80. The Balaban J connectivity index is 1.71. The third-order valence-corrected chi connectivity index (χ3v) is 4.83. The highest BCUT2D eigenvalue weighted by Gasteiger charge is 2.22. The number of hydrogen-bond donors (Lipinski definition) is 1. The minimum Gasteiger partial charge on any atom is -0.490 e. The standard InChI is InChI=1S/C23H17F5N4O3/c1-2-34-19-9-14(7-8-18(19)35-23(27)28)30-22(33)15-11-29-32-17(20(25)26)10-16(31-21(15)32)12-3-5-13(24)6-4-12/h3-11,20,23H,2H2,1H3,(H,30,33). The number of carbonyl (C=O) groups excluding carboxylic acids is 1. The van der Waals surface area contributed by atoms with Gasteiger partial charge in [0.15, 0.2) is 17.1 Å². The van der Waals surface area contributed by atoms with E-state index in [1.54, 1.807) is 6.92 Å². The Bertz CT molecular complexity index is 1360. The maximum Gasteiger partial charge on any atom is 0.387 e. The van der Waals surface area contributed by atoms with E-state index in [1.807, 2.05) is 0 Å². The van der Waals surface area contributed by atoms with Gasteiger partial charge in [-0.2, -0.15) is 13.9 Å². The monoisotopic (exact) mass is 492 g/mol. The molecule has 0 bridgehead atoms. The number of hydrogen-bond acceptors (Lipinski definition) is 5. The summed E-state index contributed by atoms with van der Waals surface area (Å²) in [6.45, 7) is -1.28. The quantitative estimate of drug-likeness (QED) is 0.318. The third-order valence-electron chi connectivity index (χ3n) is 4.83. The molecule has 0 saturated heterocycles. The second-order valence-electron chi connectivity index (χ2n) is 7.09. The van der Waals surface area contributed by atoms with Crippen molar-refractivity contribution >= 4 is 17.2 Å². The van der Waals surface area contributed by atoms with Crippen molar-refractivity contribution in [1.29, 1.82) is 0 Å². The summed E-state index contributed by atoms with van der Waals surface area (Å²) in [5, 5.41) is 6.41. The van der Waals surface area contributed by atoms with E-state index in [0.29, 0.717) is 5.56 Å². The molecular formula is C23H17F5N4O3. The van der Waals surface area contributed by atoms with Crippen molar-refractivity contribution in [3.63, 3.8) is 0 Å². The minimum absolute atomic E-state index is 0.0258. The molecule has 4 rings (SSSR count). The topological polar surface area (TPSA) is 77.8 Å². The van der Waals surface area contributed by atoms with Crippen LogP contribution in [-0.2, 0) is 0 Å². The van der Waals surface area contributed by atoms with E-state index in [1.165, 1.54) is 30.3 Å². The van der Waals surface area contributed by atoms with Crippen molar-refractivity contribution in [2.45, 2.75) is 20.0 Å². The number of ether oxygens (including phenoxy) is 2. The summed E-state index contributed by atoms with van der Waals surface area (Å²) in [7, 11) is 0. The van der Waals surface area contributed by atoms with Crippen LogP contribution < -0.4 is 14.8 Å². The molecule has 2 heterocycles. The van der Waals surface area contributed by atoms with Gasteiger partial charge in [-0.1, -0.05) is 0 Å². The van der Waals surface area contributed by atoms with Gasteiger partial charge in [0.25, 0.3) is 12.3 Å². The predicted octanol–water partition coefficient (Wildman–Crippen LogP) is 5.73. The van der Waals surface area contributed by atoms with Crippen molar-refractivity contribution in [3.8, 4) is 22.8 Å². The van der Waals surface area contributed by atoms with Crippen LogP contribution in [0.2, 0.25) is 0 Å². The summed E-state index contributed by atoms with van der Waals surface area (Å²) in [6, 6.07) is 9.96. The summed E-state index contributed by atoms with van der Waals surface area (Å²) < 4.78 is 76.5. The Morgan fingerprint density at radius 2 is 1.80 bits per heavy atom. The lowest BCUT2D eigenvalue weighted by molar-refractivity contribution is -0.0514. The lowest BCUT2D eigenvalue weighted by atomic mass is 10.1. The van der Waals surface area contributed by atoms with Gasteiger partial charge in [0, 0.05) is 17.3 Å². The van der Waals surface area contributed by atoms with Crippen LogP contribution in [0.5, 0.6) is 11.5 Å². The molecule has 2 aromatic heterocycles. The number of carbonyl (C=O) groups is 1. The molecule has 0 saturated carbocycles. The molecule has 2 aromatic carbocycles. The van der Waals surface area contributed by atoms with E-state index in [4.69, 9.17) is 4.74 Å². The zero-order valence-corrected chi connectivity index (χ0v) is 18.0. The lowest BCUT2D eigenvalue weighted by Gasteiger charge is -2.13. The number of aromatic nitrogens is 3. The molecular weight excluding hydrogens is 475 g/mol. The first kappa shape index (κ1) is 23.9. The number of halogens is 5. The van der Waals surface area contributed by atoms with Crippen LogP contribution in [0.25, 0.3) is 16.9 Å². The number of amides is 1. The number of benzene rings is 2. The molecule has 0 unspecified atom stereocenters. The first-order valence-corrected chi connectivity index (χ1v) is 10.2. The number of fused-ring (bicyclic) bond motifs is 1. The summed E-state index contributed by atoms with van der Waals surface area (Å²) in [5.41, 5.74) is -0.165. The second kappa shape index (κ2) is 9.95. The number of anilines is 1. The zero-order chi connectivity index (χ0) is 25.1. The van der Waals surface area contributed by atoms with Crippen molar-refractivity contribution in [1.82, 2.24) is 14.6 Å². The highest BCUT2D eigenvalue weighted by molar-refractivity contribution is 6.08. The van der Waals surface area contributed by atoms with Crippen molar-refractivity contribution in [2.75, 3.05) is 11.9 Å². The van der Waals surface area contributed by atoms with Crippen LogP contribution in [0.3, 0.4) is 0 Å². The molecule has 0 aliphatic heterocycles. The fraction of sp³-hybridized carbons (Fsp3) is 0.174. The fourth-order valence-corrected chi connectivity index (χ4v) is 3.32. The van der Waals surface area contributed by atoms with Gasteiger partial charge in [0.2, 0.25) is 0 Å².